The van der Waals surface area contributed by atoms with Gasteiger partial charge in [0.1, 0.15) is 12.4 Å². The average Bonchev–Trinajstić information content (AvgIpc) is 2.73. The minimum absolute atomic E-state index is 0.0873. The average molecular weight is 203 g/mol. The first kappa shape index (κ1) is 9.86. The van der Waals surface area contributed by atoms with E-state index < -0.39 is 0 Å². The third kappa shape index (κ3) is 1.89. The zero-order chi connectivity index (χ0) is 10.7. The van der Waals surface area contributed by atoms with Gasteiger partial charge in [0.15, 0.2) is 0 Å². The summed E-state index contributed by atoms with van der Waals surface area (Å²) in [6.45, 7) is 1.95. The quantitative estimate of drug-likeness (QED) is 0.821. The zero-order valence-electron chi connectivity index (χ0n) is 8.59. The number of hydrogen-bond donors (Lipinski definition) is 1. The van der Waals surface area contributed by atoms with E-state index in [1.54, 1.807) is 10.9 Å². The van der Waals surface area contributed by atoms with Crippen LogP contribution in [0.25, 0.3) is 11.4 Å². The van der Waals surface area contributed by atoms with Crippen molar-refractivity contribution >= 4 is 0 Å². The smallest absolute Gasteiger partial charge is 0.136 e. The summed E-state index contributed by atoms with van der Waals surface area (Å²) in [5.41, 5.74) is 2.65. The maximum atomic E-state index is 9.09. The Morgan fingerprint density at radius 3 is 2.73 bits per heavy atom. The van der Waals surface area contributed by atoms with Crippen molar-refractivity contribution < 1.29 is 5.11 Å². The SMILES string of the molecule is CCc1cc(-c2ccccn2)nn1CO. The van der Waals surface area contributed by atoms with E-state index in [1.165, 1.54) is 0 Å². The van der Waals surface area contributed by atoms with Crippen LogP contribution in [0.4, 0.5) is 0 Å². The van der Waals surface area contributed by atoms with E-state index in [1.807, 2.05) is 31.2 Å². The van der Waals surface area contributed by atoms with E-state index in [4.69, 9.17) is 5.11 Å². The van der Waals surface area contributed by atoms with E-state index in [2.05, 4.69) is 10.1 Å². The second-order valence-corrected chi connectivity index (χ2v) is 3.23. The highest BCUT2D eigenvalue weighted by Gasteiger charge is 2.07. The van der Waals surface area contributed by atoms with Crippen molar-refractivity contribution in [2.45, 2.75) is 20.1 Å². The molecule has 0 unspecified atom stereocenters. The van der Waals surface area contributed by atoms with Crippen molar-refractivity contribution in [1.29, 1.82) is 0 Å². The number of aryl methyl sites for hydroxylation is 1. The Morgan fingerprint density at radius 2 is 2.20 bits per heavy atom. The monoisotopic (exact) mass is 203 g/mol. The Hall–Kier alpha value is -1.68. The fourth-order valence-electron chi connectivity index (χ4n) is 1.50. The summed E-state index contributed by atoms with van der Waals surface area (Å²) in [6, 6.07) is 7.65. The summed E-state index contributed by atoms with van der Waals surface area (Å²) in [5, 5.41) is 13.4. The predicted octanol–water partition coefficient (Wildman–Crippen LogP) is 1.46. The number of rotatable bonds is 3. The van der Waals surface area contributed by atoms with E-state index in [0.29, 0.717) is 0 Å². The molecule has 4 heteroatoms. The molecule has 0 aliphatic heterocycles. The van der Waals surface area contributed by atoms with Gasteiger partial charge in [-0.05, 0) is 24.6 Å². The lowest BCUT2D eigenvalue weighted by Crippen LogP contribution is -2.03. The summed E-state index contributed by atoms with van der Waals surface area (Å²) >= 11 is 0. The van der Waals surface area contributed by atoms with Crippen LogP contribution in [-0.4, -0.2) is 19.9 Å². The van der Waals surface area contributed by atoms with Gasteiger partial charge in [0.05, 0.1) is 5.69 Å². The van der Waals surface area contributed by atoms with Crippen LogP contribution in [0.5, 0.6) is 0 Å². The molecular weight excluding hydrogens is 190 g/mol. The van der Waals surface area contributed by atoms with Crippen LogP contribution in [0, 0.1) is 0 Å². The largest absolute Gasteiger partial charge is 0.374 e. The van der Waals surface area contributed by atoms with Gasteiger partial charge in [-0.2, -0.15) is 5.10 Å². The summed E-state index contributed by atoms with van der Waals surface area (Å²) in [5.74, 6) is 0. The summed E-state index contributed by atoms with van der Waals surface area (Å²) in [7, 11) is 0. The summed E-state index contributed by atoms with van der Waals surface area (Å²) in [6.07, 6.45) is 2.58. The fourth-order valence-corrected chi connectivity index (χ4v) is 1.50. The first-order chi connectivity index (χ1) is 7.35. The normalized spacial score (nSPS) is 10.5. The van der Waals surface area contributed by atoms with Crippen LogP contribution in [0.3, 0.4) is 0 Å². The highest BCUT2D eigenvalue weighted by atomic mass is 16.3. The van der Waals surface area contributed by atoms with Crippen molar-refractivity contribution in [1.82, 2.24) is 14.8 Å². The molecule has 1 N–H and O–H groups in total. The molecule has 0 aliphatic rings. The molecule has 0 saturated heterocycles. The molecule has 0 spiro atoms. The standard InChI is InChI=1S/C11H13N3O/c1-2-9-7-11(13-14(9)8-15)10-5-3-4-6-12-10/h3-7,15H,2,8H2,1H3. The maximum absolute atomic E-state index is 9.09. The second-order valence-electron chi connectivity index (χ2n) is 3.23. The number of nitrogens with zero attached hydrogens (tertiary/aromatic N) is 3. The Labute approximate surface area is 88.2 Å². The third-order valence-corrected chi connectivity index (χ3v) is 2.29. The lowest BCUT2D eigenvalue weighted by atomic mass is 10.2. The first-order valence-corrected chi connectivity index (χ1v) is 4.94. The third-order valence-electron chi connectivity index (χ3n) is 2.29. The Morgan fingerprint density at radius 1 is 1.33 bits per heavy atom. The molecule has 2 heterocycles. The number of pyridine rings is 1. The van der Waals surface area contributed by atoms with E-state index in [9.17, 15) is 0 Å². The predicted molar refractivity (Wildman–Crippen MR) is 57.1 cm³/mol. The molecule has 0 bridgehead atoms. The van der Waals surface area contributed by atoms with Gasteiger partial charge in [-0.3, -0.25) is 4.98 Å². The Kier molecular flexibility index (Phi) is 2.78. The molecule has 2 aromatic rings. The molecule has 2 rings (SSSR count). The molecule has 0 amide bonds. The number of aliphatic hydroxyl groups is 1. The zero-order valence-corrected chi connectivity index (χ0v) is 8.59. The molecule has 78 valence electrons. The maximum Gasteiger partial charge on any atom is 0.136 e. The van der Waals surface area contributed by atoms with Crippen molar-refractivity contribution in [2.24, 2.45) is 0 Å². The summed E-state index contributed by atoms with van der Waals surface area (Å²) in [4.78, 5) is 4.21. The number of aromatic nitrogens is 3. The van der Waals surface area contributed by atoms with Gasteiger partial charge in [-0.1, -0.05) is 13.0 Å². The Balaban J connectivity index is 2.42. The van der Waals surface area contributed by atoms with Gasteiger partial charge < -0.3 is 5.11 Å². The molecule has 0 saturated carbocycles. The van der Waals surface area contributed by atoms with Crippen LogP contribution in [0.1, 0.15) is 12.6 Å². The molecule has 0 atom stereocenters. The molecule has 2 aromatic heterocycles. The molecule has 4 nitrogen and oxygen atoms in total. The van der Waals surface area contributed by atoms with Crippen molar-refractivity contribution in [3.05, 3.63) is 36.2 Å². The number of aliphatic hydroxyl groups excluding tert-OH is 1. The second kappa shape index (κ2) is 4.23. The lowest BCUT2D eigenvalue weighted by molar-refractivity contribution is 0.192. The minimum atomic E-state index is -0.0873. The lowest BCUT2D eigenvalue weighted by Gasteiger charge is -1.98. The minimum Gasteiger partial charge on any atom is -0.374 e. The van der Waals surface area contributed by atoms with Crippen molar-refractivity contribution in [3.63, 3.8) is 0 Å². The van der Waals surface area contributed by atoms with Gasteiger partial charge in [0.25, 0.3) is 0 Å². The number of hydrogen-bond acceptors (Lipinski definition) is 3. The molecule has 0 aliphatic carbocycles. The molecule has 0 aromatic carbocycles. The van der Waals surface area contributed by atoms with Crippen LogP contribution in [0.2, 0.25) is 0 Å². The van der Waals surface area contributed by atoms with Gasteiger partial charge in [-0.15, -0.1) is 0 Å². The topological polar surface area (TPSA) is 50.9 Å². The van der Waals surface area contributed by atoms with Crippen LogP contribution in [0.15, 0.2) is 30.5 Å². The highest BCUT2D eigenvalue weighted by Crippen LogP contribution is 2.16. The summed E-state index contributed by atoms with van der Waals surface area (Å²) < 4.78 is 1.59. The van der Waals surface area contributed by atoms with Gasteiger partial charge in [0.2, 0.25) is 0 Å². The van der Waals surface area contributed by atoms with Gasteiger partial charge >= 0.3 is 0 Å². The molecule has 0 fully saturated rings. The Bertz CT molecular complexity index is 415. The first-order valence-electron chi connectivity index (χ1n) is 4.94. The molecule has 0 radical (unpaired) electrons. The fraction of sp³-hybridized carbons (Fsp3) is 0.273. The van der Waals surface area contributed by atoms with Crippen LogP contribution >= 0.6 is 0 Å². The molecule has 15 heavy (non-hydrogen) atoms. The van der Waals surface area contributed by atoms with Crippen LogP contribution in [-0.2, 0) is 13.2 Å². The van der Waals surface area contributed by atoms with Crippen molar-refractivity contribution in [2.75, 3.05) is 0 Å². The van der Waals surface area contributed by atoms with Crippen LogP contribution < -0.4 is 0 Å². The van der Waals surface area contributed by atoms with E-state index >= 15 is 0 Å². The van der Waals surface area contributed by atoms with Gasteiger partial charge in [0, 0.05) is 11.9 Å². The van der Waals surface area contributed by atoms with Crippen molar-refractivity contribution in [3.8, 4) is 11.4 Å². The highest BCUT2D eigenvalue weighted by molar-refractivity contribution is 5.53. The molecular formula is C11H13N3O. The van der Waals surface area contributed by atoms with E-state index in [-0.39, 0.29) is 6.73 Å². The van der Waals surface area contributed by atoms with E-state index in [0.717, 1.165) is 23.5 Å². The van der Waals surface area contributed by atoms with Gasteiger partial charge in [-0.25, -0.2) is 4.68 Å².